The van der Waals surface area contributed by atoms with Gasteiger partial charge in [-0.3, -0.25) is 0 Å². The van der Waals surface area contributed by atoms with E-state index in [-0.39, 0.29) is 0 Å². The molecule has 0 atom stereocenters. The molecular formula is C46H29NO2. The first-order valence-electron chi connectivity index (χ1n) is 16.6. The zero-order chi connectivity index (χ0) is 32.3. The van der Waals surface area contributed by atoms with Gasteiger partial charge in [0, 0.05) is 38.5 Å². The Kier molecular flexibility index (Phi) is 6.18. The molecule has 0 saturated heterocycles. The summed E-state index contributed by atoms with van der Waals surface area (Å²) in [4.78, 5) is 2.31. The minimum Gasteiger partial charge on any atom is -0.456 e. The Bertz CT molecular complexity index is 2810. The van der Waals surface area contributed by atoms with E-state index in [2.05, 4.69) is 169 Å². The number of benzene rings is 8. The second-order valence-corrected chi connectivity index (χ2v) is 12.5. The molecular weight excluding hydrogens is 599 g/mol. The monoisotopic (exact) mass is 627 g/mol. The van der Waals surface area contributed by atoms with Crippen molar-refractivity contribution in [1.82, 2.24) is 0 Å². The Hall–Kier alpha value is -6.58. The predicted molar refractivity (Wildman–Crippen MR) is 204 cm³/mol. The van der Waals surface area contributed by atoms with E-state index < -0.39 is 0 Å². The van der Waals surface area contributed by atoms with Crippen LogP contribution in [0, 0.1) is 0 Å². The Morgan fingerprint density at radius 2 is 1.02 bits per heavy atom. The summed E-state index contributed by atoms with van der Waals surface area (Å²) >= 11 is 0. The first-order valence-corrected chi connectivity index (χ1v) is 16.6. The molecule has 0 radical (unpaired) electrons. The second-order valence-electron chi connectivity index (χ2n) is 12.5. The predicted octanol–water partition coefficient (Wildman–Crippen LogP) is 13.4. The van der Waals surface area contributed by atoms with Crippen molar-refractivity contribution in [3.63, 3.8) is 0 Å². The average molecular weight is 628 g/mol. The summed E-state index contributed by atoms with van der Waals surface area (Å²) in [6.45, 7) is 0. The van der Waals surface area contributed by atoms with Gasteiger partial charge in [-0.2, -0.15) is 0 Å². The zero-order valence-electron chi connectivity index (χ0n) is 26.5. The van der Waals surface area contributed by atoms with Gasteiger partial charge in [0.2, 0.25) is 0 Å². The summed E-state index contributed by atoms with van der Waals surface area (Å²) in [6.07, 6.45) is 0. The molecule has 10 rings (SSSR count). The minimum absolute atomic E-state index is 0.826. The maximum Gasteiger partial charge on any atom is 0.159 e. The van der Waals surface area contributed by atoms with Crippen LogP contribution in [0.4, 0.5) is 17.1 Å². The van der Waals surface area contributed by atoms with E-state index in [0.29, 0.717) is 0 Å². The quantitative estimate of drug-likeness (QED) is 0.190. The van der Waals surface area contributed by atoms with Gasteiger partial charge in [-0.1, -0.05) is 133 Å². The minimum atomic E-state index is 0.826. The van der Waals surface area contributed by atoms with Gasteiger partial charge in [-0.15, -0.1) is 0 Å². The molecule has 0 aliphatic rings. The molecule has 230 valence electrons. The van der Waals surface area contributed by atoms with Crippen LogP contribution < -0.4 is 4.90 Å². The Balaban J connectivity index is 1.25. The van der Waals surface area contributed by atoms with Crippen molar-refractivity contribution in [2.24, 2.45) is 0 Å². The van der Waals surface area contributed by atoms with E-state index in [1.165, 1.54) is 21.9 Å². The highest BCUT2D eigenvalue weighted by molar-refractivity contribution is 6.24. The smallest absolute Gasteiger partial charge is 0.159 e. The van der Waals surface area contributed by atoms with Crippen molar-refractivity contribution in [3.8, 4) is 22.3 Å². The lowest BCUT2D eigenvalue weighted by molar-refractivity contribution is 0.665. The molecule has 0 amide bonds. The molecule has 0 fully saturated rings. The van der Waals surface area contributed by atoms with E-state index in [4.69, 9.17) is 8.83 Å². The zero-order valence-corrected chi connectivity index (χ0v) is 26.5. The van der Waals surface area contributed by atoms with Gasteiger partial charge in [0.25, 0.3) is 0 Å². The van der Waals surface area contributed by atoms with E-state index in [1.807, 2.05) is 12.1 Å². The van der Waals surface area contributed by atoms with Crippen LogP contribution in [0.3, 0.4) is 0 Å². The van der Waals surface area contributed by atoms with Gasteiger partial charge >= 0.3 is 0 Å². The highest BCUT2D eigenvalue weighted by Gasteiger charge is 2.24. The molecule has 0 aliphatic carbocycles. The van der Waals surface area contributed by atoms with Gasteiger partial charge in [0.05, 0.1) is 5.69 Å². The molecule has 0 spiro atoms. The normalized spacial score (nSPS) is 11.7. The summed E-state index contributed by atoms with van der Waals surface area (Å²) < 4.78 is 13.6. The fourth-order valence-electron chi connectivity index (χ4n) is 7.35. The summed E-state index contributed by atoms with van der Waals surface area (Å²) in [5, 5.41) is 6.60. The number of para-hydroxylation sites is 2. The number of anilines is 3. The van der Waals surface area contributed by atoms with Crippen molar-refractivity contribution < 1.29 is 8.83 Å². The lowest BCUT2D eigenvalue weighted by Crippen LogP contribution is -2.10. The molecule has 2 aromatic heterocycles. The van der Waals surface area contributed by atoms with Crippen LogP contribution in [-0.4, -0.2) is 0 Å². The van der Waals surface area contributed by atoms with Crippen LogP contribution in [-0.2, 0) is 0 Å². The summed E-state index contributed by atoms with van der Waals surface area (Å²) in [5.41, 5.74) is 11.0. The first-order chi connectivity index (χ1) is 24.3. The van der Waals surface area contributed by atoms with Crippen LogP contribution in [0.25, 0.3) is 76.9 Å². The largest absolute Gasteiger partial charge is 0.456 e. The highest BCUT2D eigenvalue weighted by Crippen LogP contribution is 2.48. The number of hydrogen-bond acceptors (Lipinski definition) is 3. The van der Waals surface area contributed by atoms with Gasteiger partial charge in [0.1, 0.15) is 16.7 Å². The summed E-state index contributed by atoms with van der Waals surface area (Å²) in [6, 6.07) is 61.8. The van der Waals surface area contributed by atoms with Crippen molar-refractivity contribution in [1.29, 1.82) is 0 Å². The van der Waals surface area contributed by atoms with Crippen LogP contribution >= 0.6 is 0 Å². The van der Waals surface area contributed by atoms with E-state index in [9.17, 15) is 0 Å². The highest BCUT2D eigenvalue weighted by atomic mass is 16.3. The van der Waals surface area contributed by atoms with Crippen molar-refractivity contribution >= 4 is 71.7 Å². The molecule has 10 aromatic rings. The fraction of sp³-hybridized carbons (Fsp3) is 0. The first kappa shape index (κ1) is 27.5. The van der Waals surface area contributed by atoms with Gasteiger partial charge in [-0.05, 0) is 69.9 Å². The molecule has 8 aromatic carbocycles. The number of furan rings is 2. The van der Waals surface area contributed by atoms with Gasteiger partial charge < -0.3 is 13.7 Å². The van der Waals surface area contributed by atoms with E-state index in [1.54, 1.807) is 0 Å². The van der Waals surface area contributed by atoms with Crippen molar-refractivity contribution in [2.45, 2.75) is 0 Å². The molecule has 0 bridgehead atoms. The third-order valence-corrected chi connectivity index (χ3v) is 9.64. The van der Waals surface area contributed by atoms with Crippen molar-refractivity contribution in [2.75, 3.05) is 4.90 Å². The third kappa shape index (κ3) is 4.44. The van der Waals surface area contributed by atoms with Gasteiger partial charge in [0.15, 0.2) is 5.58 Å². The lowest BCUT2D eigenvalue weighted by Gasteiger charge is -2.26. The SMILES string of the molecule is c1ccc(-c2ccc(N(c3ccc4ccccc4c3)c3cccc4c3oc3c(-c5ccccc5)c5c(cc34)oc3ccccc35)cc2)cc1. The maximum atomic E-state index is 7.12. The Morgan fingerprint density at radius 3 is 1.84 bits per heavy atom. The van der Waals surface area contributed by atoms with Crippen LogP contribution in [0.2, 0.25) is 0 Å². The molecule has 0 N–H and O–H groups in total. The van der Waals surface area contributed by atoms with Crippen LogP contribution in [0.5, 0.6) is 0 Å². The maximum absolute atomic E-state index is 7.12. The average Bonchev–Trinajstić information content (AvgIpc) is 3.73. The fourth-order valence-corrected chi connectivity index (χ4v) is 7.35. The molecule has 0 saturated carbocycles. The molecule has 49 heavy (non-hydrogen) atoms. The standard InChI is InChI=1S/C46H29NO2/c1-3-12-30(13-4-1)32-22-25-35(26-23-32)47(36-27-24-31-14-7-8-17-34(31)28-36)40-20-11-19-37-39-29-42-44(38-18-9-10-21-41(38)48-42)43(46(39)49-45(37)40)33-15-5-2-6-16-33/h1-29H. The third-order valence-electron chi connectivity index (χ3n) is 9.64. The molecule has 0 unspecified atom stereocenters. The summed E-state index contributed by atoms with van der Waals surface area (Å²) in [7, 11) is 0. The Labute approximate surface area is 282 Å². The molecule has 2 heterocycles. The van der Waals surface area contributed by atoms with E-state index in [0.717, 1.165) is 72.1 Å². The topological polar surface area (TPSA) is 29.5 Å². The lowest BCUT2D eigenvalue weighted by atomic mass is 9.96. The van der Waals surface area contributed by atoms with Gasteiger partial charge in [-0.25, -0.2) is 0 Å². The molecule has 0 aliphatic heterocycles. The second kappa shape index (κ2) is 11.0. The number of hydrogen-bond donors (Lipinski definition) is 0. The summed E-state index contributed by atoms with van der Waals surface area (Å²) in [5.74, 6) is 0. The number of fused-ring (bicyclic) bond motifs is 7. The van der Waals surface area contributed by atoms with Crippen LogP contribution in [0.1, 0.15) is 0 Å². The molecule has 3 heteroatoms. The number of rotatable bonds is 5. The van der Waals surface area contributed by atoms with Crippen LogP contribution in [0.15, 0.2) is 185 Å². The molecule has 3 nitrogen and oxygen atoms in total. The van der Waals surface area contributed by atoms with E-state index >= 15 is 0 Å². The number of nitrogens with zero attached hydrogens (tertiary/aromatic N) is 1. The Morgan fingerprint density at radius 1 is 0.367 bits per heavy atom. The van der Waals surface area contributed by atoms with Crippen molar-refractivity contribution in [3.05, 3.63) is 176 Å².